The summed E-state index contributed by atoms with van der Waals surface area (Å²) in [6.45, 7) is 0. The normalized spacial score (nSPS) is 29.6. The molecular weight excluding hydrogens is 261 g/mol. The Labute approximate surface area is 117 Å². The maximum Gasteiger partial charge on any atom is 0.254 e. The molecular formula is C15H18FNOS. The lowest BCUT2D eigenvalue weighted by Crippen LogP contribution is -2.47. The second kappa shape index (κ2) is 5.16. The number of thioether (sulfide) groups is 1. The lowest BCUT2D eigenvalue weighted by atomic mass is 10.0. The van der Waals surface area contributed by atoms with Crippen LogP contribution in [0.15, 0.2) is 24.3 Å². The summed E-state index contributed by atoms with van der Waals surface area (Å²) in [5, 5.41) is 0.690. The minimum atomic E-state index is -0.291. The van der Waals surface area contributed by atoms with Gasteiger partial charge in [0, 0.05) is 22.9 Å². The number of halogens is 1. The molecule has 2 heterocycles. The monoisotopic (exact) mass is 279 g/mol. The Morgan fingerprint density at radius 2 is 1.79 bits per heavy atom. The van der Waals surface area contributed by atoms with Crippen LogP contribution < -0.4 is 0 Å². The Balaban J connectivity index is 1.80. The van der Waals surface area contributed by atoms with Crippen molar-refractivity contribution in [1.82, 2.24) is 4.90 Å². The summed E-state index contributed by atoms with van der Waals surface area (Å²) in [5.74, 6) is -0.215. The predicted molar refractivity (Wildman–Crippen MR) is 75.9 cm³/mol. The summed E-state index contributed by atoms with van der Waals surface area (Å²) < 4.78 is 12.9. The summed E-state index contributed by atoms with van der Waals surface area (Å²) in [6.07, 6.45) is 6.60. The van der Waals surface area contributed by atoms with E-state index in [0.29, 0.717) is 22.9 Å². The number of piperidine rings is 1. The van der Waals surface area contributed by atoms with Gasteiger partial charge in [-0.15, -0.1) is 0 Å². The van der Waals surface area contributed by atoms with E-state index in [4.69, 9.17) is 0 Å². The zero-order valence-electron chi connectivity index (χ0n) is 11.0. The van der Waals surface area contributed by atoms with Gasteiger partial charge in [0.05, 0.1) is 0 Å². The molecule has 0 saturated carbocycles. The van der Waals surface area contributed by atoms with E-state index in [-0.39, 0.29) is 11.7 Å². The van der Waals surface area contributed by atoms with Gasteiger partial charge in [-0.25, -0.2) is 4.39 Å². The number of rotatable bonds is 2. The lowest BCUT2D eigenvalue weighted by Gasteiger charge is -2.38. The van der Waals surface area contributed by atoms with Crippen molar-refractivity contribution < 1.29 is 9.18 Å². The van der Waals surface area contributed by atoms with Crippen LogP contribution in [-0.4, -0.2) is 34.4 Å². The third-order valence-corrected chi connectivity index (χ3v) is 5.40. The van der Waals surface area contributed by atoms with E-state index >= 15 is 0 Å². The highest BCUT2D eigenvalue weighted by molar-refractivity contribution is 7.99. The van der Waals surface area contributed by atoms with Gasteiger partial charge in [-0.1, -0.05) is 0 Å². The lowest BCUT2D eigenvalue weighted by molar-refractivity contribution is 0.0601. The summed E-state index contributed by atoms with van der Waals surface area (Å²) in [4.78, 5) is 14.6. The molecule has 2 unspecified atom stereocenters. The van der Waals surface area contributed by atoms with Crippen LogP contribution in [0.3, 0.4) is 0 Å². The molecule has 0 aromatic heterocycles. The van der Waals surface area contributed by atoms with Gasteiger partial charge in [0.2, 0.25) is 0 Å². The van der Waals surface area contributed by atoms with Gasteiger partial charge in [0.1, 0.15) is 5.82 Å². The van der Waals surface area contributed by atoms with E-state index in [1.54, 1.807) is 12.1 Å². The maximum absolute atomic E-state index is 12.9. The first-order valence-electron chi connectivity index (χ1n) is 6.80. The molecule has 2 aliphatic rings. The molecule has 0 spiro atoms. The molecule has 2 fully saturated rings. The van der Waals surface area contributed by atoms with Crippen molar-refractivity contribution in [2.45, 2.75) is 43.0 Å². The molecule has 0 aliphatic carbocycles. The molecule has 2 saturated heterocycles. The van der Waals surface area contributed by atoms with Crippen molar-refractivity contribution in [3.63, 3.8) is 0 Å². The first-order chi connectivity index (χ1) is 9.19. The number of fused-ring (bicyclic) bond motifs is 2. The van der Waals surface area contributed by atoms with Crippen LogP contribution in [0.1, 0.15) is 36.0 Å². The van der Waals surface area contributed by atoms with Crippen molar-refractivity contribution in [2.75, 3.05) is 6.26 Å². The highest BCUT2D eigenvalue weighted by Crippen LogP contribution is 2.40. The molecule has 102 valence electrons. The van der Waals surface area contributed by atoms with E-state index in [1.165, 1.54) is 12.1 Å². The Morgan fingerprint density at radius 1 is 1.21 bits per heavy atom. The molecule has 0 N–H and O–H groups in total. The Bertz CT molecular complexity index is 462. The topological polar surface area (TPSA) is 20.3 Å². The molecule has 19 heavy (non-hydrogen) atoms. The predicted octanol–water partition coefficient (Wildman–Crippen LogP) is 3.32. The fourth-order valence-electron chi connectivity index (χ4n) is 3.39. The quantitative estimate of drug-likeness (QED) is 0.827. The largest absolute Gasteiger partial charge is 0.333 e. The fourth-order valence-corrected chi connectivity index (χ4v) is 4.22. The van der Waals surface area contributed by atoms with Gasteiger partial charge in [-0.2, -0.15) is 11.8 Å². The summed E-state index contributed by atoms with van der Waals surface area (Å²) in [6, 6.07) is 6.69. The SMILES string of the molecule is CSC1CC2CCC(C1)N2C(=O)c1ccc(F)cc1. The molecule has 1 amide bonds. The Kier molecular flexibility index (Phi) is 3.52. The van der Waals surface area contributed by atoms with Crippen LogP contribution in [0.2, 0.25) is 0 Å². The third-order valence-electron chi connectivity index (χ3n) is 4.35. The average molecular weight is 279 g/mol. The average Bonchev–Trinajstić information content (AvgIpc) is 2.69. The van der Waals surface area contributed by atoms with Crippen LogP contribution in [0.25, 0.3) is 0 Å². The standard InChI is InChI=1S/C15H18FNOS/c1-19-14-8-12-6-7-13(9-14)17(12)15(18)10-2-4-11(16)5-3-10/h2-5,12-14H,6-9H2,1H3. The number of benzene rings is 1. The molecule has 2 atom stereocenters. The van der Waals surface area contributed by atoms with Crippen molar-refractivity contribution in [3.05, 3.63) is 35.6 Å². The van der Waals surface area contributed by atoms with E-state index in [1.807, 2.05) is 11.8 Å². The molecule has 4 heteroatoms. The van der Waals surface area contributed by atoms with E-state index < -0.39 is 0 Å². The van der Waals surface area contributed by atoms with Gasteiger partial charge >= 0.3 is 0 Å². The van der Waals surface area contributed by atoms with Crippen LogP contribution in [0, 0.1) is 5.82 Å². The van der Waals surface area contributed by atoms with Crippen molar-refractivity contribution in [2.24, 2.45) is 0 Å². The molecule has 2 aliphatic heterocycles. The third kappa shape index (κ3) is 2.38. The van der Waals surface area contributed by atoms with Gasteiger partial charge < -0.3 is 4.90 Å². The van der Waals surface area contributed by atoms with E-state index in [2.05, 4.69) is 11.2 Å². The van der Waals surface area contributed by atoms with Gasteiger partial charge in [-0.3, -0.25) is 4.79 Å². The number of hydrogen-bond acceptors (Lipinski definition) is 2. The summed E-state index contributed by atoms with van der Waals surface area (Å²) in [7, 11) is 0. The van der Waals surface area contributed by atoms with Crippen molar-refractivity contribution in [1.29, 1.82) is 0 Å². The van der Waals surface area contributed by atoms with Crippen LogP contribution in [0.5, 0.6) is 0 Å². The first-order valence-corrected chi connectivity index (χ1v) is 8.09. The van der Waals surface area contributed by atoms with Gasteiger partial charge in [-0.05, 0) is 56.2 Å². The molecule has 1 aromatic rings. The highest BCUT2D eigenvalue weighted by atomic mass is 32.2. The van der Waals surface area contributed by atoms with Crippen molar-refractivity contribution in [3.8, 4) is 0 Å². The maximum atomic E-state index is 12.9. The van der Waals surface area contributed by atoms with Gasteiger partial charge in [0.15, 0.2) is 0 Å². The zero-order chi connectivity index (χ0) is 13.4. The number of hydrogen-bond donors (Lipinski definition) is 0. The smallest absolute Gasteiger partial charge is 0.254 e. The molecule has 3 rings (SSSR count). The van der Waals surface area contributed by atoms with E-state index in [0.717, 1.165) is 25.7 Å². The minimum Gasteiger partial charge on any atom is -0.333 e. The van der Waals surface area contributed by atoms with E-state index in [9.17, 15) is 9.18 Å². The Morgan fingerprint density at radius 3 is 2.32 bits per heavy atom. The molecule has 0 radical (unpaired) electrons. The van der Waals surface area contributed by atoms with Crippen LogP contribution in [0.4, 0.5) is 4.39 Å². The molecule has 2 bridgehead atoms. The number of carbonyl (C=O) groups is 1. The Hall–Kier alpha value is -1.03. The first kappa shape index (κ1) is 13.0. The minimum absolute atomic E-state index is 0.0760. The zero-order valence-corrected chi connectivity index (χ0v) is 11.8. The second-order valence-corrected chi connectivity index (χ2v) is 6.57. The second-order valence-electron chi connectivity index (χ2n) is 5.43. The van der Waals surface area contributed by atoms with Crippen molar-refractivity contribution >= 4 is 17.7 Å². The highest BCUT2D eigenvalue weighted by Gasteiger charge is 2.43. The van der Waals surface area contributed by atoms with Gasteiger partial charge in [0.25, 0.3) is 5.91 Å². The number of nitrogens with zero attached hydrogens (tertiary/aromatic N) is 1. The molecule has 1 aromatic carbocycles. The number of carbonyl (C=O) groups excluding carboxylic acids is 1. The van der Waals surface area contributed by atoms with Crippen LogP contribution >= 0.6 is 11.8 Å². The fraction of sp³-hybridized carbons (Fsp3) is 0.533. The van der Waals surface area contributed by atoms with Crippen LogP contribution in [-0.2, 0) is 0 Å². The summed E-state index contributed by atoms with van der Waals surface area (Å²) in [5.41, 5.74) is 0.612. The number of amides is 1. The molecule has 2 nitrogen and oxygen atoms in total. The summed E-state index contributed by atoms with van der Waals surface area (Å²) >= 11 is 1.92.